The molecule has 0 aromatic carbocycles. The zero-order valence-electron chi connectivity index (χ0n) is 11.2. The minimum absolute atomic E-state index is 0.199. The average molecular weight is 277 g/mol. The Morgan fingerprint density at radius 2 is 2.21 bits per heavy atom. The highest BCUT2D eigenvalue weighted by Gasteiger charge is 2.22. The number of carbonyl (C=O) groups is 1. The Kier molecular flexibility index (Phi) is 4.56. The molecule has 1 atom stereocenters. The number of amides is 1. The van der Waals surface area contributed by atoms with Gasteiger partial charge in [0.05, 0.1) is 11.6 Å². The van der Waals surface area contributed by atoms with Gasteiger partial charge >= 0.3 is 0 Å². The summed E-state index contributed by atoms with van der Waals surface area (Å²) in [7, 11) is 0. The number of nitrogens with zero attached hydrogens (tertiary/aromatic N) is 1. The molecule has 19 heavy (non-hydrogen) atoms. The standard InChI is InChI=1S/C14H19N3OS/c1-2-11(16)13(18)17-14-10(8-15)9-6-4-3-5-7-12(9)19-14/h11H,2-7,16H2,1H3,(H,17,18)/t11-/m0/s1. The highest BCUT2D eigenvalue weighted by Crippen LogP contribution is 2.36. The van der Waals surface area contributed by atoms with Gasteiger partial charge in [-0.3, -0.25) is 4.79 Å². The molecule has 0 saturated heterocycles. The van der Waals surface area contributed by atoms with Gasteiger partial charge in [0, 0.05) is 4.88 Å². The molecule has 4 nitrogen and oxygen atoms in total. The quantitative estimate of drug-likeness (QED) is 0.833. The van der Waals surface area contributed by atoms with Crippen LogP contribution in [0, 0.1) is 11.3 Å². The van der Waals surface area contributed by atoms with E-state index in [9.17, 15) is 10.1 Å². The highest BCUT2D eigenvalue weighted by molar-refractivity contribution is 7.16. The largest absolute Gasteiger partial charge is 0.320 e. The number of nitrogens with one attached hydrogen (secondary N) is 1. The van der Waals surface area contributed by atoms with Crippen molar-refractivity contribution >= 4 is 22.2 Å². The van der Waals surface area contributed by atoms with Crippen LogP contribution in [0.2, 0.25) is 0 Å². The molecule has 1 heterocycles. The van der Waals surface area contributed by atoms with Crippen LogP contribution in [0.1, 0.15) is 48.6 Å². The monoisotopic (exact) mass is 277 g/mol. The molecule has 1 amide bonds. The fourth-order valence-electron chi connectivity index (χ4n) is 2.34. The molecule has 5 heteroatoms. The smallest absolute Gasteiger partial charge is 0.241 e. The van der Waals surface area contributed by atoms with E-state index in [2.05, 4.69) is 11.4 Å². The van der Waals surface area contributed by atoms with Crippen LogP contribution in [0.3, 0.4) is 0 Å². The third-order valence-corrected chi connectivity index (χ3v) is 4.75. The molecule has 3 N–H and O–H groups in total. The second kappa shape index (κ2) is 6.18. The zero-order chi connectivity index (χ0) is 13.8. The van der Waals surface area contributed by atoms with Crippen molar-refractivity contribution in [2.45, 2.75) is 51.5 Å². The maximum absolute atomic E-state index is 11.9. The lowest BCUT2D eigenvalue weighted by Gasteiger charge is -2.08. The number of nitrogens with two attached hydrogens (primary N) is 1. The van der Waals surface area contributed by atoms with Crippen molar-refractivity contribution in [3.63, 3.8) is 0 Å². The van der Waals surface area contributed by atoms with E-state index in [1.807, 2.05) is 6.92 Å². The summed E-state index contributed by atoms with van der Waals surface area (Å²) in [6.45, 7) is 1.87. The van der Waals surface area contributed by atoms with Crippen molar-refractivity contribution in [3.05, 3.63) is 16.0 Å². The number of hydrogen-bond donors (Lipinski definition) is 2. The van der Waals surface area contributed by atoms with E-state index in [0.717, 1.165) is 24.8 Å². The first-order chi connectivity index (χ1) is 9.17. The van der Waals surface area contributed by atoms with Crippen molar-refractivity contribution in [2.75, 3.05) is 5.32 Å². The maximum Gasteiger partial charge on any atom is 0.241 e. The Morgan fingerprint density at radius 3 is 2.89 bits per heavy atom. The number of rotatable bonds is 3. The van der Waals surface area contributed by atoms with Gasteiger partial charge < -0.3 is 11.1 Å². The van der Waals surface area contributed by atoms with Crippen LogP contribution in [-0.2, 0) is 17.6 Å². The highest BCUT2D eigenvalue weighted by atomic mass is 32.1. The first-order valence-corrected chi connectivity index (χ1v) is 7.60. The Morgan fingerprint density at radius 1 is 1.47 bits per heavy atom. The summed E-state index contributed by atoms with van der Waals surface area (Å²) >= 11 is 1.55. The maximum atomic E-state index is 11.9. The molecule has 0 bridgehead atoms. The third-order valence-electron chi connectivity index (χ3n) is 3.55. The predicted octanol–water partition coefficient (Wildman–Crippen LogP) is 2.56. The molecule has 1 aliphatic rings. The lowest BCUT2D eigenvalue weighted by atomic mass is 10.1. The summed E-state index contributed by atoms with van der Waals surface area (Å²) < 4.78 is 0. The van der Waals surface area contributed by atoms with Gasteiger partial charge in [-0.05, 0) is 37.7 Å². The molecule has 0 aliphatic heterocycles. The van der Waals surface area contributed by atoms with Gasteiger partial charge in [-0.1, -0.05) is 13.3 Å². The lowest BCUT2D eigenvalue weighted by Crippen LogP contribution is -2.34. The SMILES string of the molecule is CC[C@H](N)C(=O)Nc1sc2c(c1C#N)CCCCC2. The summed E-state index contributed by atoms with van der Waals surface area (Å²) in [5.74, 6) is -0.199. The first-order valence-electron chi connectivity index (χ1n) is 6.78. The topological polar surface area (TPSA) is 78.9 Å². The molecule has 1 aliphatic carbocycles. The summed E-state index contributed by atoms with van der Waals surface area (Å²) in [4.78, 5) is 13.1. The molecule has 1 aromatic rings. The number of aryl methyl sites for hydroxylation is 1. The molecule has 0 saturated carbocycles. The van der Waals surface area contributed by atoms with Crippen LogP contribution in [0.25, 0.3) is 0 Å². The molecule has 0 radical (unpaired) electrons. The van der Waals surface area contributed by atoms with Crippen molar-refractivity contribution < 1.29 is 4.79 Å². The van der Waals surface area contributed by atoms with Crippen LogP contribution in [0.15, 0.2) is 0 Å². The van der Waals surface area contributed by atoms with E-state index in [1.165, 1.54) is 17.7 Å². The number of nitriles is 1. The van der Waals surface area contributed by atoms with Crippen LogP contribution >= 0.6 is 11.3 Å². The Bertz CT molecular complexity index is 515. The molecule has 0 spiro atoms. The van der Waals surface area contributed by atoms with Gasteiger partial charge in [-0.15, -0.1) is 11.3 Å². The summed E-state index contributed by atoms with van der Waals surface area (Å²) in [5.41, 5.74) is 7.51. The Hall–Kier alpha value is -1.38. The minimum Gasteiger partial charge on any atom is -0.320 e. The fourth-order valence-corrected chi connectivity index (χ4v) is 3.58. The van der Waals surface area contributed by atoms with Gasteiger partial charge in [0.25, 0.3) is 0 Å². The van der Waals surface area contributed by atoms with E-state index >= 15 is 0 Å². The van der Waals surface area contributed by atoms with Crippen LogP contribution < -0.4 is 11.1 Å². The molecular formula is C14H19N3OS. The van der Waals surface area contributed by atoms with Gasteiger partial charge in [0.1, 0.15) is 11.1 Å². The summed E-state index contributed by atoms with van der Waals surface area (Å²) in [6.07, 6.45) is 6.07. The van der Waals surface area contributed by atoms with E-state index in [0.29, 0.717) is 17.0 Å². The Labute approximate surface area is 117 Å². The van der Waals surface area contributed by atoms with E-state index in [4.69, 9.17) is 5.73 Å². The van der Waals surface area contributed by atoms with Gasteiger partial charge in [-0.2, -0.15) is 5.26 Å². The van der Waals surface area contributed by atoms with Crippen molar-refractivity contribution in [1.29, 1.82) is 5.26 Å². The summed E-state index contributed by atoms with van der Waals surface area (Å²) in [5, 5.41) is 12.8. The number of anilines is 1. The third kappa shape index (κ3) is 2.96. The molecule has 102 valence electrons. The number of hydrogen-bond acceptors (Lipinski definition) is 4. The van der Waals surface area contributed by atoms with Crippen LogP contribution in [-0.4, -0.2) is 11.9 Å². The van der Waals surface area contributed by atoms with E-state index < -0.39 is 6.04 Å². The van der Waals surface area contributed by atoms with Crippen molar-refractivity contribution in [3.8, 4) is 6.07 Å². The van der Waals surface area contributed by atoms with E-state index in [-0.39, 0.29) is 5.91 Å². The molecule has 2 rings (SSSR count). The minimum atomic E-state index is -0.506. The Balaban J connectivity index is 2.27. The second-order valence-corrected chi connectivity index (χ2v) is 5.99. The van der Waals surface area contributed by atoms with Gasteiger partial charge in [-0.25, -0.2) is 0 Å². The van der Waals surface area contributed by atoms with Crippen LogP contribution in [0.5, 0.6) is 0 Å². The predicted molar refractivity (Wildman–Crippen MR) is 77.2 cm³/mol. The first kappa shape index (κ1) is 14.0. The lowest BCUT2D eigenvalue weighted by molar-refractivity contribution is -0.117. The van der Waals surface area contributed by atoms with Crippen LogP contribution in [0.4, 0.5) is 5.00 Å². The normalized spacial score (nSPS) is 16.1. The molecule has 0 fully saturated rings. The fraction of sp³-hybridized carbons (Fsp3) is 0.571. The number of thiophene rings is 1. The van der Waals surface area contributed by atoms with Crippen molar-refractivity contribution in [1.82, 2.24) is 0 Å². The molecule has 0 unspecified atom stereocenters. The summed E-state index contributed by atoms with van der Waals surface area (Å²) in [6, 6.07) is 1.74. The number of fused-ring (bicyclic) bond motifs is 1. The molecule has 1 aromatic heterocycles. The number of carbonyl (C=O) groups excluding carboxylic acids is 1. The molecular weight excluding hydrogens is 258 g/mol. The second-order valence-electron chi connectivity index (χ2n) is 4.88. The zero-order valence-corrected chi connectivity index (χ0v) is 12.0. The van der Waals surface area contributed by atoms with E-state index in [1.54, 1.807) is 11.3 Å². The van der Waals surface area contributed by atoms with Gasteiger partial charge in [0.15, 0.2) is 0 Å². The van der Waals surface area contributed by atoms with Crippen molar-refractivity contribution in [2.24, 2.45) is 5.73 Å². The van der Waals surface area contributed by atoms with Gasteiger partial charge in [0.2, 0.25) is 5.91 Å². The average Bonchev–Trinajstić information content (AvgIpc) is 2.59.